The first-order valence-corrected chi connectivity index (χ1v) is 9.10. The van der Waals surface area contributed by atoms with Gasteiger partial charge < -0.3 is 4.90 Å². The van der Waals surface area contributed by atoms with Gasteiger partial charge in [0.25, 0.3) is 5.69 Å². The van der Waals surface area contributed by atoms with Crippen molar-refractivity contribution in [3.05, 3.63) is 69.3 Å². The number of rotatable bonds is 1. The van der Waals surface area contributed by atoms with Gasteiger partial charge in [-0.15, -0.1) is 0 Å². The van der Waals surface area contributed by atoms with Gasteiger partial charge in [0, 0.05) is 35.2 Å². The number of likely N-dealkylation sites (N-methyl/N-ethyl adjacent to an activating group) is 1. The molecule has 2 aromatic rings. The van der Waals surface area contributed by atoms with E-state index < -0.39 is 0 Å². The number of hydrogen-bond acceptors (Lipinski definition) is 4. The van der Waals surface area contributed by atoms with Gasteiger partial charge in [0.05, 0.1) is 4.92 Å². The zero-order valence-corrected chi connectivity index (χ0v) is 15.6. The van der Waals surface area contributed by atoms with Gasteiger partial charge in [0.15, 0.2) is 0 Å². The van der Waals surface area contributed by atoms with Crippen LogP contribution in [0.2, 0.25) is 0 Å². The first-order chi connectivity index (χ1) is 11.8. The maximum atomic E-state index is 11.1. The minimum absolute atomic E-state index is 0.0942. The fourth-order valence-electron chi connectivity index (χ4n) is 4.45. The van der Waals surface area contributed by atoms with Crippen molar-refractivity contribution < 1.29 is 4.92 Å². The Morgan fingerprint density at radius 2 is 1.88 bits per heavy atom. The zero-order valence-electron chi connectivity index (χ0n) is 14.7. The summed E-state index contributed by atoms with van der Waals surface area (Å²) in [5.41, 5.74) is 4.78. The largest absolute Gasteiger partial charge is 0.355 e. The second-order valence-corrected chi connectivity index (χ2v) is 8.49. The average Bonchev–Trinajstić information content (AvgIpc) is 2.75. The molecule has 2 heterocycles. The van der Waals surface area contributed by atoms with E-state index in [4.69, 9.17) is 0 Å². The lowest BCUT2D eigenvalue weighted by molar-refractivity contribution is -0.384. The van der Waals surface area contributed by atoms with Crippen molar-refractivity contribution in [3.63, 3.8) is 0 Å². The summed E-state index contributed by atoms with van der Waals surface area (Å²) in [6.07, 6.45) is 2.11. The molecule has 0 aliphatic carbocycles. The number of nitrogens with zero attached hydrogens (tertiary/aromatic N) is 2. The monoisotopic (exact) mass is 352 g/mol. The molecular weight excluding hydrogens is 332 g/mol. The lowest BCUT2D eigenvalue weighted by Crippen LogP contribution is -2.53. The summed E-state index contributed by atoms with van der Waals surface area (Å²) < 4.78 is 0. The molecule has 0 bridgehead atoms. The molecule has 0 aromatic heterocycles. The van der Waals surface area contributed by atoms with Crippen molar-refractivity contribution in [1.82, 2.24) is 0 Å². The summed E-state index contributed by atoms with van der Waals surface area (Å²) in [6.45, 7) is 6.71. The van der Waals surface area contributed by atoms with Crippen molar-refractivity contribution in [2.45, 2.75) is 36.0 Å². The molecule has 1 spiro atoms. The molecule has 0 saturated heterocycles. The Bertz CT molecular complexity index is 935. The summed E-state index contributed by atoms with van der Waals surface area (Å²) in [4.78, 5) is 14.0. The molecule has 1 unspecified atom stereocenters. The Morgan fingerprint density at radius 1 is 1.16 bits per heavy atom. The molecule has 128 valence electrons. The molecule has 2 aliphatic heterocycles. The minimum Gasteiger partial charge on any atom is -0.355 e. The SMILES string of the molecule is CC1=Cc2cc([N+](=O)[O-])ccc2SC12N(C)c1ccccc1C2(C)C. The van der Waals surface area contributed by atoms with Crippen LogP contribution in [0.1, 0.15) is 31.9 Å². The van der Waals surface area contributed by atoms with Crippen LogP contribution >= 0.6 is 11.8 Å². The number of thioether (sulfide) groups is 1. The molecule has 25 heavy (non-hydrogen) atoms. The van der Waals surface area contributed by atoms with Crippen molar-refractivity contribution in [2.75, 3.05) is 11.9 Å². The Morgan fingerprint density at radius 3 is 2.56 bits per heavy atom. The van der Waals surface area contributed by atoms with Gasteiger partial charge >= 0.3 is 0 Å². The Labute approximate surface area is 151 Å². The van der Waals surface area contributed by atoms with Gasteiger partial charge in [-0.3, -0.25) is 10.1 Å². The quantitative estimate of drug-likeness (QED) is 0.521. The van der Waals surface area contributed by atoms with Crippen LogP contribution in [0.15, 0.2) is 52.9 Å². The summed E-state index contributed by atoms with van der Waals surface area (Å²) >= 11 is 1.80. The first-order valence-electron chi connectivity index (χ1n) is 8.28. The second kappa shape index (κ2) is 5.11. The van der Waals surface area contributed by atoms with E-state index in [1.807, 2.05) is 6.07 Å². The predicted molar refractivity (Wildman–Crippen MR) is 103 cm³/mol. The number of para-hydroxylation sites is 1. The molecule has 0 fully saturated rings. The zero-order chi connectivity index (χ0) is 18.0. The first kappa shape index (κ1) is 16.2. The summed E-state index contributed by atoms with van der Waals surface area (Å²) in [5, 5.41) is 11.1. The number of anilines is 1. The van der Waals surface area contributed by atoms with E-state index >= 15 is 0 Å². The van der Waals surface area contributed by atoms with E-state index in [0.29, 0.717) is 0 Å². The van der Waals surface area contributed by atoms with E-state index in [1.54, 1.807) is 23.9 Å². The topological polar surface area (TPSA) is 46.4 Å². The molecule has 0 saturated carbocycles. The van der Waals surface area contributed by atoms with Gasteiger partial charge in [-0.05, 0) is 35.8 Å². The van der Waals surface area contributed by atoms with E-state index in [2.05, 4.69) is 63.1 Å². The van der Waals surface area contributed by atoms with Gasteiger partial charge in [-0.2, -0.15) is 0 Å². The number of fused-ring (bicyclic) bond motifs is 2. The summed E-state index contributed by atoms with van der Waals surface area (Å²) in [6, 6.07) is 13.7. The van der Waals surface area contributed by atoms with Gasteiger partial charge in [0.2, 0.25) is 0 Å². The van der Waals surface area contributed by atoms with Crippen molar-refractivity contribution in [1.29, 1.82) is 0 Å². The number of nitro groups is 1. The molecule has 0 N–H and O–H groups in total. The number of nitro benzene ring substituents is 1. The van der Waals surface area contributed by atoms with Crippen molar-refractivity contribution in [2.24, 2.45) is 0 Å². The summed E-state index contributed by atoms with van der Waals surface area (Å²) in [7, 11) is 2.15. The van der Waals surface area contributed by atoms with Gasteiger partial charge in [-0.1, -0.05) is 49.9 Å². The highest BCUT2D eigenvalue weighted by Gasteiger charge is 2.58. The fourth-order valence-corrected chi connectivity index (χ4v) is 5.96. The molecule has 4 nitrogen and oxygen atoms in total. The second-order valence-electron chi connectivity index (χ2n) is 7.25. The van der Waals surface area contributed by atoms with Crippen LogP contribution in [0.5, 0.6) is 0 Å². The van der Waals surface area contributed by atoms with Crippen molar-refractivity contribution >= 4 is 29.2 Å². The highest BCUT2D eigenvalue weighted by atomic mass is 32.2. The third kappa shape index (κ3) is 1.96. The molecule has 5 heteroatoms. The molecule has 0 amide bonds. The highest BCUT2D eigenvalue weighted by Crippen LogP contribution is 2.63. The normalized spacial score (nSPS) is 23.2. The van der Waals surface area contributed by atoms with Gasteiger partial charge in [0.1, 0.15) is 4.87 Å². The standard InChI is InChI=1S/C20H20N2O2S/c1-13-11-14-12-15(22(23)24)9-10-18(14)25-20(13)19(2,3)16-7-5-6-8-17(16)21(20)4/h5-12H,1-4H3. The Hall–Kier alpha value is -2.27. The van der Waals surface area contributed by atoms with Crippen LogP contribution in [0, 0.1) is 10.1 Å². The fraction of sp³-hybridized carbons (Fsp3) is 0.300. The maximum absolute atomic E-state index is 11.1. The van der Waals surface area contributed by atoms with E-state index in [-0.39, 0.29) is 20.9 Å². The van der Waals surface area contributed by atoms with E-state index in [0.717, 1.165) is 10.5 Å². The smallest absolute Gasteiger partial charge is 0.270 e. The van der Waals surface area contributed by atoms with Crippen LogP contribution < -0.4 is 4.90 Å². The number of benzene rings is 2. The average molecular weight is 352 g/mol. The summed E-state index contributed by atoms with van der Waals surface area (Å²) in [5.74, 6) is 0. The Balaban J connectivity index is 1.91. The molecule has 4 rings (SSSR count). The molecule has 1 atom stereocenters. The third-order valence-corrected chi connectivity index (χ3v) is 7.62. The molecule has 0 radical (unpaired) electrons. The highest BCUT2D eigenvalue weighted by molar-refractivity contribution is 8.01. The van der Waals surface area contributed by atoms with Gasteiger partial charge in [-0.25, -0.2) is 0 Å². The minimum atomic E-state index is -0.333. The van der Waals surface area contributed by atoms with Crippen molar-refractivity contribution in [3.8, 4) is 0 Å². The molecule has 2 aromatic carbocycles. The van der Waals surface area contributed by atoms with E-state index in [9.17, 15) is 10.1 Å². The molecular formula is C20H20N2O2S. The lowest BCUT2D eigenvalue weighted by Gasteiger charge is -2.48. The van der Waals surface area contributed by atoms with Crippen LogP contribution in [0.25, 0.3) is 6.08 Å². The maximum Gasteiger partial charge on any atom is 0.270 e. The Kier molecular flexibility index (Phi) is 3.32. The van der Waals surface area contributed by atoms with E-state index in [1.165, 1.54) is 16.8 Å². The number of hydrogen-bond donors (Lipinski definition) is 0. The predicted octanol–water partition coefficient (Wildman–Crippen LogP) is 5.23. The molecule has 2 aliphatic rings. The van der Waals surface area contributed by atoms with Crippen LogP contribution in [0.3, 0.4) is 0 Å². The van der Waals surface area contributed by atoms with Crippen LogP contribution in [-0.2, 0) is 5.41 Å². The lowest BCUT2D eigenvalue weighted by atomic mass is 9.76. The van der Waals surface area contributed by atoms with Crippen LogP contribution in [-0.4, -0.2) is 16.8 Å². The number of non-ortho nitro benzene ring substituents is 1. The third-order valence-electron chi connectivity index (χ3n) is 5.63. The van der Waals surface area contributed by atoms with Crippen LogP contribution in [0.4, 0.5) is 11.4 Å².